The molecule has 0 aromatic heterocycles. The summed E-state index contributed by atoms with van der Waals surface area (Å²) >= 11 is 0. The van der Waals surface area contributed by atoms with Crippen LogP contribution in [0.3, 0.4) is 0 Å². The number of ether oxygens (including phenoxy) is 1. The van der Waals surface area contributed by atoms with E-state index in [-0.39, 0.29) is 0 Å². The zero-order valence-corrected chi connectivity index (χ0v) is 10.3. The molecule has 0 aromatic rings. The topological polar surface area (TPSA) is 24.5 Å². The Morgan fingerprint density at radius 1 is 1.36 bits per heavy atom. The van der Waals surface area contributed by atoms with Gasteiger partial charge in [0.2, 0.25) is 0 Å². The number of nitrogens with zero attached hydrogens (tertiary/aromatic N) is 1. The van der Waals surface area contributed by atoms with E-state index in [1.54, 1.807) is 0 Å². The van der Waals surface area contributed by atoms with Gasteiger partial charge in [-0.3, -0.25) is 0 Å². The van der Waals surface area contributed by atoms with Crippen molar-refractivity contribution in [3.63, 3.8) is 0 Å². The van der Waals surface area contributed by atoms with Crippen LogP contribution in [0.25, 0.3) is 0 Å². The van der Waals surface area contributed by atoms with Crippen LogP contribution >= 0.6 is 0 Å². The Labute approximate surface area is 88.8 Å². The normalized spacial score (nSPS) is 15.9. The van der Waals surface area contributed by atoms with Crippen LogP contribution in [0.15, 0.2) is 0 Å². The quantitative estimate of drug-likeness (QED) is 0.601. The molecule has 2 unspecified atom stereocenters. The molecular weight excluding hydrogens is 176 g/mol. The van der Waals surface area contributed by atoms with Crippen LogP contribution in [-0.4, -0.2) is 50.8 Å². The predicted molar refractivity (Wildman–Crippen MR) is 61.7 cm³/mol. The first-order chi connectivity index (χ1) is 6.61. The van der Waals surface area contributed by atoms with Crippen LogP contribution in [0, 0.1) is 0 Å². The monoisotopic (exact) mass is 202 g/mol. The van der Waals surface area contributed by atoms with Crippen molar-refractivity contribution in [2.24, 2.45) is 0 Å². The fraction of sp³-hybridized carbons (Fsp3) is 1.00. The average Bonchev–Trinajstić information content (AvgIpc) is 2.17. The molecule has 3 nitrogen and oxygen atoms in total. The minimum atomic E-state index is 0.583. The van der Waals surface area contributed by atoms with E-state index >= 15 is 0 Å². The Balaban J connectivity index is 3.58. The van der Waals surface area contributed by atoms with Crippen molar-refractivity contribution in [2.75, 3.05) is 33.9 Å². The van der Waals surface area contributed by atoms with Gasteiger partial charge in [-0.1, -0.05) is 0 Å². The predicted octanol–water partition coefficient (Wildman–Crippen LogP) is 1.34. The molecule has 0 radical (unpaired) electrons. The lowest BCUT2D eigenvalue weighted by molar-refractivity contribution is 0.107. The summed E-state index contributed by atoms with van der Waals surface area (Å²) in [6.07, 6.45) is 1.18. The van der Waals surface area contributed by atoms with Crippen molar-refractivity contribution in [1.82, 2.24) is 10.2 Å². The number of hydrogen-bond donors (Lipinski definition) is 1. The van der Waals surface area contributed by atoms with E-state index in [1.807, 2.05) is 14.0 Å². The molecule has 86 valence electrons. The number of likely N-dealkylation sites (N-methyl/N-ethyl adjacent to an activating group) is 1. The van der Waals surface area contributed by atoms with Gasteiger partial charge in [-0.15, -0.1) is 0 Å². The SMILES string of the molecule is CCOCCN(C)C(C)CC(C)NC. The van der Waals surface area contributed by atoms with Gasteiger partial charge in [0.1, 0.15) is 0 Å². The first kappa shape index (κ1) is 13.9. The van der Waals surface area contributed by atoms with Gasteiger partial charge in [0, 0.05) is 25.2 Å². The summed E-state index contributed by atoms with van der Waals surface area (Å²) in [5.41, 5.74) is 0. The molecule has 0 aromatic carbocycles. The molecule has 0 aliphatic rings. The molecule has 0 saturated carbocycles. The molecule has 0 saturated heterocycles. The Bertz CT molecular complexity index is 130. The van der Waals surface area contributed by atoms with E-state index in [2.05, 4.69) is 31.1 Å². The molecule has 0 rings (SSSR count). The second-order valence-electron chi connectivity index (χ2n) is 3.95. The second kappa shape index (κ2) is 8.21. The van der Waals surface area contributed by atoms with E-state index < -0.39 is 0 Å². The lowest BCUT2D eigenvalue weighted by atomic mass is 10.1. The molecule has 0 heterocycles. The number of rotatable bonds is 8. The van der Waals surface area contributed by atoms with Crippen molar-refractivity contribution in [3.8, 4) is 0 Å². The van der Waals surface area contributed by atoms with Crippen molar-refractivity contribution in [2.45, 2.75) is 39.3 Å². The van der Waals surface area contributed by atoms with Gasteiger partial charge in [-0.05, 0) is 41.3 Å². The van der Waals surface area contributed by atoms with Gasteiger partial charge in [0.15, 0.2) is 0 Å². The summed E-state index contributed by atoms with van der Waals surface area (Å²) in [4.78, 5) is 2.35. The van der Waals surface area contributed by atoms with Crippen molar-refractivity contribution in [3.05, 3.63) is 0 Å². The third kappa shape index (κ3) is 6.35. The molecule has 0 bridgehead atoms. The van der Waals surface area contributed by atoms with E-state index in [0.717, 1.165) is 19.8 Å². The zero-order valence-electron chi connectivity index (χ0n) is 10.3. The minimum Gasteiger partial charge on any atom is -0.380 e. The highest BCUT2D eigenvalue weighted by Gasteiger charge is 2.11. The molecule has 1 N–H and O–H groups in total. The van der Waals surface area contributed by atoms with E-state index in [1.165, 1.54) is 6.42 Å². The highest BCUT2D eigenvalue weighted by molar-refractivity contribution is 4.69. The smallest absolute Gasteiger partial charge is 0.0593 e. The Kier molecular flexibility index (Phi) is 8.14. The third-order valence-electron chi connectivity index (χ3n) is 2.73. The summed E-state index contributed by atoms with van der Waals surface area (Å²) in [5, 5.41) is 3.26. The highest BCUT2D eigenvalue weighted by Crippen LogP contribution is 2.03. The van der Waals surface area contributed by atoms with Crippen molar-refractivity contribution < 1.29 is 4.74 Å². The number of nitrogens with one attached hydrogen (secondary N) is 1. The Morgan fingerprint density at radius 2 is 2.00 bits per heavy atom. The van der Waals surface area contributed by atoms with Gasteiger partial charge in [0.25, 0.3) is 0 Å². The van der Waals surface area contributed by atoms with Gasteiger partial charge in [0.05, 0.1) is 6.61 Å². The standard InChI is InChI=1S/C11H26N2O/c1-6-14-8-7-13(5)11(3)9-10(2)12-4/h10-12H,6-9H2,1-5H3. The van der Waals surface area contributed by atoms with Crippen LogP contribution in [0.4, 0.5) is 0 Å². The molecule has 0 aliphatic heterocycles. The van der Waals surface area contributed by atoms with E-state index in [0.29, 0.717) is 12.1 Å². The van der Waals surface area contributed by atoms with Crippen LogP contribution in [0.1, 0.15) is 27.2 Å². The fourth-order valence-corrected chi connectivity index (χ4v) is 1.38. The molecule has 3 heteroatoms. The third-order valence-corrected chi connectivity index (χ3v) is 2.73. The van der Waals surface area contributed by atoms with Gasteiger partial charge in [-0.2, -0.15) is 0 Å². The van der Waals surface area contributed by atoms with E-state index in [9.17, 15) is 0 Å². The Morgan fingerprint density at radius 3 is 2.50 bits per heavy atom. The van der Waals surface area contributed by atoms with Crippen LogP contribution < -0.4 is 5.32 Å². The lowest BCUT2D eigenvalue weighted by Gasteiger charge is -2.26. The summed E-state index contributed by atoms with van der Waals surface area (Å²) < 4.78 is 5.33. The Hall–Kier alpha value is -0.120. The van der Waals surface area contributed by atoms with Gasteiger partial charge in [-0.25, -0.2) is 0 Å². The highest BCUT2D eigenvalue weighted by atomic mass is 16.5. The van der Waals surface area contributed by atoms with Gasteiger partial charge < -0.3 is 15.0 Å². The van der Waals surface area contributed by atoms with Gasteiger partial charge >= 0.3 is 0 Å². The van der Waals surface area contributed by atoms with Crippen LogP contribution in [-0.2, 0) is 4.74 Å². The van der Waals surface area contributed by atoms with E-state index in [4.69, 9.17) is 4.74 Å². The molecule has 0 fully saturated rings. The zero-order chi connectivity index (χ0) is 11.0. The molecule has 0 amide bonds. The van der Waals surface area contributed by atoms with Crippen molar-refractivity contribution in [1.29, 1.82) is 0 Å². The molecule has 0 aliphatic carbocycles. The molecule has 0 spiro atoms. The minimum absolute atomic E-state index is 0.583. The summed E-state index contributed by atoms with van der Waals surface area (Å²) in [7, 11) is 4.17. The molecule has 14 heavy (non-hydrogen) atoms. The van der Waals surface area contributed by atoms with Crippen LogP contribution in [0.5, 0.6) is 0 Å². The summed E-state index contributed by atoms with van der Waals surface area (Å²) in [6.45, 7) is 9.19. The molecule has 2 atom stereocenters. The maximum Gasteiger partial charge on any atom is 0.0593 e. The fourth-order valence-electron chi connectivity index (χ4n) is 1.38. The maximum atomic E-state index is 5.33. The summed E-state index contributed by atoms with van der Waals surface area (Å²) in [6, 6.07) is 1.19. The van der Waals surface area contributed by atoms with Crippen LogP contribution in [0.2, 0.25) is 0 Å². The summed E-state index contributed by atoms with van der Waals surface area (Å²) in [5.74, 6) is 0. The molecular formula is C11H26N2O. The maximum absolute atomic E-state index is 5.33. The lowest BCUT2D eigenvalue weighted by Crippen LogP contribution is -2.37. The largest absolute Gasteiger partial charge is 0.380 e. The number of hydrogen-bond acceptors (Lipinski definition) is 3. The van der Waals surface area contributed by atoms with Crippen molar-refractivity contribution >= 4 is 0 Å². The second-order valence-corrected chi connectivity index (χ2v) is 3.95. The first-order valence-corrected chi connectivity index (χ1v) is 5.57. The average molecular weight is 202 g/mol. The first-order valence-electron chi connectivity index (χ1n) is 5.57.